The number of halogens is 3. The average Bonchev–Trinajstić information content (AvgIpc) is 3.29. The smallest absolute Gasteiger partial charge is 0.406 e. The standard InChI is InChI=1S/C17H20F3NO3/c18-17(19,20)24-13-7-1-10(2-8-13)14-9-15(14)16(23)21-11-3-5-12(22)6-4-11/h1-2,7-8,11-12,14-15,22H,3-6,9H2,(H,21,23). The van der Waals surface area contributed by atoms with Gasteiger partial charge in [-0.05, 0) is 55.7 Å². The van der Waals surface area contributed by atoms with Crippen LogP contribution in [-0.4, -0.2) is 29.5 Å². The molecule has 3 rings (SSSR count). The van der Waals surface area contributed by atoms with Gasteiger partial charge in [-0.25, -0.2) is 0 Å². The molecule has 2 saturated carbocycles. The summed E-state index contributed by atoms with van der Waals surface area (Å²) in [4.78, 5) is 12.2. The summed E-state index contributed by atoms with van der Waals surface area (Å²) < 4.78 is 40.3. The minimum Gasteiger partial charge on any atom is -0.406 e. The summed E-state index contributed by atoms with van der Waals surface area (Å²) in [5.74, 6) is -0.323. The first-order chi connectivity index (χ1) is 11.3. The van der Waals surface area contributed by atoms with Gasteiger partial charge in [-0.3, -0.25) is 4.79 Å². The van der Waals surface area contributed by atoms with Crippen molar-refractivity contribution in [3.8, 4) is 5.75 Å². The maximum atomic E-state index is 12.2. The lowest BCUT2D eigenvalue weighted by Crippen LogP contribution is -2.39. The maximum Gasteiger partial charge on any atom is 0.573 e. The third-order valence-electron chi connectivity index (χ3n) is 4.71. The zero-order valence-corrected chi connectivity index (χ0v) is 13.1. The van der Waals surface area contributed by atoms with Gasteiger partial charge in [0.2, 0.25) is 5.91 Å². The zero-order valence-electron chi connectivity index (χ0n) is 13.1. The van der Waals surface area contributed by atoms with Crippen molar-refractivity contribution in [1.82, 2.24) is 5.32 Å². The van der Waals surface area contributed by atoms with E-state index in [0.717, 1.165) is 18.4 Å². The maximum absolute atomic E-state index is 12.2. The first kappa shape index (κ1) is 17.1. The number of aliphatic hydroxyl groups is 1. The van der Waals surface area contributed by atoms with Gasteiger partial charge in [-0.2, -0.15) is 0 Å². The first-order valence-corrected chi connectivity index (χ1v) is 8.16. The number of nitrogens with one attached hydrogen (secondary N) is 1. The van der Waals surface area contributed by atoms with Crippen LogP contribution in [0.25, 0.3) is 0 Å². The van der Waals surface area contributed by atoms with E-state index in [2.05, 4.69) is 10.1 Å². The molecular formula is C17H20F3NO3. The highest BCUT2D eigenvalue weighted by Crippen LogP contribution is 2.48. The quantitative estimate of drug-likeness (QED) is 0.883. The predicted octanol–water partition coefficient (Wildman–Crippen LogP) is 3.11. The van der Waals surface area contributed by atoms with Crippen LogP contribution in [0.1, 0.15) is 43.6 Å². The number of alkyl halides is 3. The molecule has 2 fully saturated rings. The summed E-state index contributed by atoms with van der Waals surface area (Å²) in [7, 11) is 0. The fourth-order valence-corrected chi connectivity index (χ4v) is 3.30. The van der Waals surface area contributed by atoms with Gasteiger partial charge in [-0.15, -0.1) is 13.2 Å². The zero-order chi connectivity index (χ0) is 17.3. The Balaban J connectivity index is 1.50. The molecular weight excluding hydrogens is 323 g/mol. The third-order valence-corrected chi connectivity index (χ3v) is 4.71. The normalized spacial score (nSPS) is 29.8. The summed E-state index contributed by atoms with van der Waals surface area (Å²) in [5, 5.41) is 12.5. The van der Waals surface area contributed by atoms with Gasteiger partial charge in [-0.1, -0.05) is 12.1 Å². The number of aliphatic hydroxyl groups excluding tert-OH is 1. The lowest BCUT2D eigenvalue weighted by molar-refractivity contribution is -0.274. The molecule has 0 spiro atoms. The summed E-state index contributed by atoms with van der Waals surface area (Å²) in [5.41, 5.74) is 0.851. The summed E-state index contributed by atoms with van der Waals surface area (Å²) in [6.07, 6.45) is -1.26. The van der Waals surface area contributed by atoms with Crippen molar-refractivity contribution in [2.45, 2.75) is 56.5 Å². The van der Waals surface area contributed by atoms with E-state index in [1.165, 1.54) is 12.1 Å². The van der Waals surface area contributed by atoms with Crippen molar-refractivity contribution >= 4 is 5.91 Å². The van der Waals surface area contributed by atoms with Crippen LogP contribution in [0.15, 0.2) is 24.3 Å². The van der Waals surface area contributed by atoms with E-state index < -0.39 is 6.36 Å². The molecule has 132 valence electrons. The highest BCUT2D eigenvalue weighted by molar-refractivity contribution is 5.83. The molecule has 0 aromatic heterocycles. The molecule has 24 heavy (non-hydrogen) atoms. The van der Waals surface area contributed by atoms with Crippen LogP contribution in [-0.2, 0) is 4.79 Å². The van der Waals surface area contributed by atoms with Crippen LogP contribution in [0.5, 0.6) is 5.75 Å². The van der Waals surface area contributed by atoms with E-state index in [1.54, 1.807) is 12.1 Å². The van der Waals surface area contributed by atoms with Crippen molar-refractivity contribution in [2.24, 2.45) is 5.92 Å². The molecule has 2 aliphatic rings. The molecule has 1 aromatic carbocycles. The molecule has 0 saturated heterocycles. The van der Waals surface area contributed by atoms with Gasteiger partial charge in [0, 0.05) is 12.0 Å². The Bertz CT molecular complexity index is 580. The Labute approximate surface area is 138 Å². The van der Waals surface area contributed by atoms with Crippen molar-refractivity contribution in [2.75, 3.05) is 0 Å². The van der Waals surface area contributed by atoms with Crippen LogP contribution in [0.4, 0.5) is 13.2 Å². The Morgan fingerprint density at radius 2 is 1.75 bits per heavy atom. The van der Waals surface area contributed by atoms with E-state index in [9.17, 15) is 23.1 Å². The number of hydrogen-bond acceptors (Lipinski definition) is 3. The second-order valence-corrected chi connectivity index (χ2v) is 6.58. The van der Waals surface area contributed by atoms with Crippen LogP contribution >= 0.6 is 0 Å². The first-order valence-electron chi connectivity index (χ1n) is 8.16. The molecule has 0 heterocycles. The summed E-state index contributed by atoms with van der Waals surface area (Å²) in [6, 6.07) is 5.83. The lowest BCUT2D eigenvalue weighted by atomic mass is 9.93. The fourth-order valence-electron chi connectivity index (χ4n) is 3.30. The molecule has 4 nitrogen and oxygen atoms in total. The van der Waals surface area contributed by atoms with Crippen molar-refractivity contribution in [1.29, 1.82) is 0 Å². The van der Waals surface area contributed by atoms with E-state index >= 15 is 0 Å². The van der Waals surface area contributed by atoms with Crippen molar-refractivity contribution in [3.05, 3.63) is 29.8 Å². The molecule has 1 aromatic rings. The number of carbonyl (C=O) groups is 1. The predicted molar refractivity (Wildman–Crippen MR) is 80.4 cm³/mol. The third kappa shape index (κ3) is 4.41. The largest absolute Gasteiger partial charge is 0.573 e. The molecule has 2 N–H and O–H groups in total. The molecule has 0 aliphatic heterocycles. The SMILES string of the molecule is O=C(NC1CCC(O)CC1)C1CC1c1ccc(OC(F)(F)F)cc1. The van der Waals surface area contributed by atoms with Gasteiger partial charge in [0.25, 0.3) is 0 Å². The second kappa shape index (κ2) is 6.63. The molecule has 2 aliphatic carbocycles. The molecule has 7 heteroatoms. The summed E-state index contributed by atoms with van der Waals surface area (Å²) >= 11 is 0. The number of amides is 1. The molecule has 0 bridgehead atoms. The van der Waals surface area contributed by atoms with Crippen LogP contribution in [0.3, 0.4) is 0 Å². The van der Waals surface area contributed by atoms with E-state index in [-0.39, 0.29) is 35.6 Å². The van der Waals surface area contributed by atoms with E-state index in [4.69, 9.17) is 0 Å². The Hall–Kier alpha value is -1.76. The number of rotatable bonds is 4. The molecule has 1 amide bonds. The van der Waals surface area contributed by atoms with E-state index in [1.807, 2.05) is 0 Å². The van der Waals surface area contributed by atoms with Gasteiger partial charge < -0.3 is 15.2 Å². The van der Waals surface area contributed by atoms with Crippen LogP contribution < -0.4 is 10.1 Å². The molecule has 2 atom stereocenters. The average molecular weight is 343 g/mol. The van der Waals surface area contributed by atoms with Gasteiger partial charge in [0.1, 0.15) is 5.75 Å². The van der Waals surface area contributed by atoms with Crippen LogP contribution in [0.2, 0.25) is 0 Å². The van der Waals surface area contributed by atoms with Crippen molar-refractivity contribution < 1.29 is 27.8 Å². The Morgan fingerprint density at radius 3 is 2.33 bits per heavy atom. The van der Waals surface area contributed by atoms with Gasteiger partial charge in [0.15, 0.2) is 0 Å². The monoisotopic (exact) mass is 343 g/mol. The molecule has 0 radical (unpaired) electrons. The van der Waals surface area contributed by atoms with Gasteiger partial charge >= 0.3 is 6.36 Å². The number of carbonyl (C=O) groups excluding carboxylic acids is 1. The van der Waals surface area contributed by atoms with Crippen LogP contribution in [0, 0.1) is 5.92 Å². The Kier molecular flexibility index (Phi) is 4.71. The Morgan fingerprint density at radius 1 is 1.12 bits per heavy atom. The van der Waals surface area contributed by atoms with Gasteiger partial charge in [0.05, 0.1) is 6.10 Å². The molecule has 2 unspecified atom stereocenters. The number of ether oxygens (including phenoxy) is 1. The highest BCUT2D eigenvalue weighted by Gasteiger charge is 2.44. The number of benzene rings is 1. The summed E-state index contributed by atoms with van der Waals surface area (Å²) in [6.45, 7) is 0. The van der Waals surface area contributed by atoms with Crippen molar-refractivity contribution in [3.63, 3.8) is 0 Å². The topological polar surface area (TPSA) is 58.6 Å². The lowest BCUT2D eigenvalue weighted by Gasteiger charge is -2.26. The minimum atomic E-state index is -4.70. The van der Waals surface area contributed by atoms with E-state index in [0.29, 0.717) is 19.3 Å². The number of hydrogen-bond donors (Lipinski definition) is 2. The fraction of sp³-hybridized carbons (Fsp3) is 0.588. The highest BCUT2D eigenvalue weighted by atomic mass is 19.4. The second-order valence-electron chi connectivity index (χ2n) is 6.58. The minimum absolute atomic E-state index is 0.00277.